The Morgan fingerprint density at radius 1 is 1.38 bits per heavy atom. The summed E-state index contributed by atoms with van der Waals surface area (Å²) < 4.78 is 0. The molecule has 0 aliphatic heterocycles. The largest absolute Gasteiger partial charge is 0.316 e. The minimum absolute atomic E-state index is 0.563. The monoisotopic (exact) mass is 302 g/mol. The fourth-order valence-electron chi connectivity index (χ4n) is 2.84. The maximum absolute atomic E-state index is 4.91. The summed E-state index contributed by atoms with van der Waals surface area (Å²) in [7, 11) is 0. The van der Waals surface area contributed by atoms with Crippen molar-refractivity contribution in [1.29, 1.82) is 0 Å². The molecule has 0 bridgehead atoms. The number of nitrogens with zero attached hydrogens (tertiary/aromatic N) is 3. The first kappa shape index (κ1) is 14.6. The lowest BCUT2D eigenvalue weighted by Crippen LogP contribution is -2.24. The highest BCUT2D eigenvalue weighted by Gasteiger charge is 2.25. The SMILES string of the molecule is CCCNCC1CCCc2sc(-c3ccnc(C)n3)nc21. The molecule has 0 saturated heterocycles. The van der Waals surface area contributed by atoms with Crippen molar-refractivity contribution in [2.45, 2.75) is 45.4 Å². The van der Waals surface area contributed by atoms with Crippen LogP contribution in [0.4, 0.5) is 0 Å². The van der Waals surface area contributed by atoms with Gasteiger partial charge in [0.25, 0.3) is 0 Å². The molecule has 1 atom stereocenters. The first-order valence-electron chi connectivity index (χ1n) is 7.78. The van der Waals surface area contributed by atoms with E-state index in [2.05, 4.69) is 22.2 Å². The first-order chi connectivity index (χ1) is 10.3. The van der Waals surface area contributed by atoms with E-state index in [4.69, 9.17) is 4.98 Å². The van der Waals surface area contributed by atoms with Gasteiger partial charge in [0.2, 0.25) is 0 Å². The van der Waals surface area contributed by atoms with Crippen LogP contribution in [0.3, 0.4) is 0 Å². The lowest BCUT2D eigenvalue weighted by atomic mass is 9.91. The summed E-state index contributed by atoms with van der Waals surface area (Å²) in [4.78, 5) is 15.0. The standard InChI is InChI=1S/C16H22N4S/c1-3-8-17-10-12-5-4-6-14-15(12)20-16(21-14)13-7-9-18-11(2)19-13/h7,9,12,17H,3-6,8,10H2,1-2H3. The molecule has 21 heavy (non-hydrogen) atoms. The number of thiazole rings is 1. The van der Waals surface area contributed by atoms with E-state index in [1.165, 1.54) is 36.3 Å². The van der Waals surface area contributed by atoms with Crippen LogP contribution in [0.5, 0.6) is 0 Å². The maximum Gasteiger partial charge on any atom is 0.142 e. The van der Waals surface area contributed by atoms with Crippen LogP contribution in [0, 0.1) is 6.92 Å². The van der Waals surface area contributed by atoms with Crippen molar-refractivity contribution in [2.24, 2.45) is 0 Å². The quantitative estimate of drug-likeness (QED) is 0.861. The van der Waals surface area contributed by atoms with Gasteiger partial charge in [-0.25, -0.2) is 15.0 Å². The summed E-state index contributed by atoms with van der Waals surface area (Å²) in [6.45, 7) is 6.27. The normalized spacial score (nSPS) is 17.7. The van der Waals surface area contributed by atoms with Crippen LogP contribution in [-0.2, 0) is 6.42 Å². The van der Waals surface area contributed by atoms with Crippen molar-refractivity contribution in [2.75, 3.05) is 13.1 Å². The molecule has 5 heteroatoms. The molecular formula is C16H22N4S. The summed E-state index contributed by atoms with van der Waals surface area (Å²) in [5.41, 5.74) is 2.27. The van der Waals surface area contributed by atoms with Crippen molar-refractivity contribution >= 4 is 11.3 Å². The minimum atomic E-state index is 0.563. The van der Waals surface area contributed by atoms with Gasteiger partial charge in [0.1, 0.15) is 16.5 Å². The number of rotatable bonds is 5. The van der Waals surface area contributed by atoms with E-state index >= 15 is 0 Å². The van der Waals surface area contributed by atoms with Gasteiger partial charge in [0.15, 0.2) is 0 Å². The number of aromatic nitrogens is 3. The van der Waals surface area contributed by atoms with Gasteiger partial charge in [-0.15, -0.1) is 11.3 Å². The molecule has 1 N–H and O–H groups in total. The van der Waals surface area contributed by atoms with Crippen molar-refractivity contribution in [3.8, 4) is 10.7 Å². The molecule has 3 rings (SSSR count). The van der Waals surface area contributed by atoms with Crippen LogP contribution in [0.25, 0.3) is 10.7 Å². The van der Waals surface area contributed by atoms with Crippen LogP contribution in [0.15, 0.2) is 12.3 Å². The van der Waals surface area contributed by atoms with Crippen molar-refractivity contribution in [3.63, 3.8) is 0 Å². The molecule has 1 unspecified atom stereocenters. The van der Waals surface area contributed by atoms with Crippen LogP contribution < -0.4 is 5.32 Å². The second kappa shape index (κ2) is 6.62. The van der Waals surface area contributed by atoms with E-state index in [-0.39, 0.29) is 0 Å². The fourth-order valence-corrected chi connectivity index (χ4v) is 4.00. The molecule has 0 amide bonds. The Labute approximate surface area is 130 Å². The molecule has 1 aliphatic carbocycles. The molecule has 112 valence electrons. The van der Waals surface area contributed by atoms with Crippen molar-refractivity contribution in [3.05, 3.63) is 28.7 Å². The molecule has 2 aromatic rings. The third-order valence-electron chi connectivity index (χ3n) is 3.88. The molecule has 0 radical (unpaired) electrons. The Morgan fingerprint density at radius 3 is 3.10 bits per heavy atom. The number of aryl methyl sites for hydroxylation is 2. The molecule has 2 aromatic heterocycles. The summed E-state index contributed by atoms with van der Waals surface area (Å²) in [5, 5.41) is 4.59. The van der Waals surface area contributed by atoms with E-state index in [0.717, 1.165) is 29.6 Å². The number of fused-ring (bicyclic) bond motifs is 1. The fraction of sp³-hybridized carbons (Fsp3) is 0.562. The molecule has 0 spiro atoms. The number of hydrogen-bond donors (Lipinski definition) is 1. The minimum Gasteiger partial charge on any atom is -0.316 e. The van der Waals surface area contributed by atoms with E-state index in [9.17, 15) is 0 Å². The topological polar surface area (TPSA) is 50.7 Å². The second-order valence-electron chi connectivity index (χ2n) is 5.61. The molecule has 0 saturated carbocycles. The van der Waals surface area contributed by atoms with Crippen molar-refractivity contribution < 1.29 is 0 Å². The highest BCUT2D eigenvalue weighted by atomic mass is 32.1. The van der Waals surface area contributed by atoms with Gasteiger partial charge in [-0.1, -0.05) is 6.92 Å². The highest BCUT2D eigenvalue weighted by Crippen LogP contribution is 2.37. The van der Waals surface area contributed by atoms with E-state index in [1.807, 2.05) is 30.5 Å². The third-order valence-corrected chi connectivity index (χ3v) is 5.04. The smallest absolute Gasteiger partial charge is 0.142 e. The average Bonchev–Trinajstić information content (AvgIpc) is 2.92. The van der Waals surface area contributed by atoms with Crippen LogP contribution in [0.2, 0.25) is 0 Å². The van der Waals surface area contributed by atoms with E-state index in [1.54, 1.807) is 0 Å². The van der Waals surface area contributed by atoms with Gasteiger partial charge < -0.3 is 5.32 Å². The van der Waals surface area contributed by atoms with E-state index in [0.29, 0.717) is 5.92 Å². The summed E-state index contributed by atoms with van der Waals surface area (Å²) in [6.07, 6.45) is 6.69. The van der Waals surface area contributed by atoms with Crippen LogP contribution in [0.1, 0.15) is 48.5 Å². The second-order valence-corrected chi connectivity index (χ2v) is 6.69. The van der Waals surface area contributed by atoms with Crippen molar-refractivity contribution in [1.82, 2.24) is 20.3 Å². The average molecular weight is 302 g/mol. The van der Waals surface area contributed by atoms with Gasteiger partial charge in [0.05, 0.1) is 5.69 Å². The molecule has 2 heterocycles. The predicted octanol–water partition coefficient (Wildman–Crippen LogP) is 3.33. The zero-order valence-electron chi connectivity index (χ0n) is 12.7. The molecule has 4 nitrogen and oxygen atoms in total. The van der Waals surface area contributed by atoms with Gasteiger partial charge in [-0.05, 0) is 45.2 Å². The first-order valence-corrected chi connectivity index (χ1v) is 8.60. The maximum atomic E-state index is 4.91. The van der Waals surface area contributed by atoms with Gasteiger partial charge >= 0.3 is 0 Å². The number of nitrogens with one attached hydrogen (secondary N) is 1. The number of hydrogen-bond acceptors (Lipinski definition) is 5. The lowest BCUT2D eigenvalue weighted by Gasteiger charge is -2.21. The Hall–Kier alpha value is -1.33. The highest BCUT2D eigenvalue weighted by molar-refractivity contribution is 7.15. The molecule has 0 aromatic carbocycles. The Kier molecular flexibility index (Phi) is 4.60. The predicted molar refractivity (Wildman–Crippen MR) is 86.7 cm³/mol. The van der Waals surface area contributed by atoms with Gasteiger partial charge in [-0.2, -0.15) is 0 Å². The van der Waals surface area contributed by atoms with E-state index < -0.39 is 0 Å². The zero-order chi connectivity index (χ0) is 14.7. The summed E-state index contributed by atoms with van der Waals surface area (Å²) in [6, 6.07) is 1.96. The Bertz CT molecular complexity index is 608. The van der Waals surface area contributed by atoms with Gasteiger partial charge in [0, 0.05) is 23.5 Å². The van der Waals surface area contributed by atoms with Gasteiger partial charge in [-0.3, -0.25) is 0 Å². The Morgan fingerprint density at radius 2 is 2.29 bits per heavy atom. The lowest BCUT2D eigenvalue weighted by molar-refractivity contribution is 0.502. The summed E-state index contributed by atoms with van der Waals surface area (Å²) >= 11 is 1.81. The Balaban J connectivity index is 1.83. The third kappa shape index (κ3) is 3.30. The van der Waals surface area contributed by atoms with Crippen LogP contribution >= 0.6 is 11.3 Å². The molecule has 0 fully saturated rings. The summed E-state index contributed by atoms with van der Waals surface area (Å²) in [5.74, 6) is 1.37. The molecular weight excluding hydrogens is 280 g/mol. The van der Waals surface area contributed by atoms with Crippen LogP contribution in [-0.4, -0.2) is 28.0 Å². The molecule has 1 aliphatic rings. The zero-order valence-corrected chi connectivity index (χ0v) is 13.5.